The first-order chi connectivity index (χ1) is 4.62. The largest absolute Gasteiger partial charge is 0.329 e. The van der Waals surface area contributed by atoms with E-state index in [9.17, 15) is 8.42 Å². The van der Waals surface area contributed by atoms with Crippen molar-refractivity contribution in [2.45, 2.75) is 0 Å². The summed E-state index contributed by atoms with van der Waals surface area (Å²) in [7, 11) is -2.94. The first-order valence-electron chi connectivity index (χ1n) is 2.78. The fourth-order valence-corrected chi connectivity index (χ4v) is 1.80. The highest BCUT2D eigenvalue weighted by Crippen LogP contribution is 1.91. The molecule has 0 spiro atoms. The van der Waals surface area contributed by atoms with Crippen LogP contribution >= 0.6 is 15.9 Å². The first kappa shape index (κ1) is 10.1. The molecule has 60 valence electrons. The number of hydrogen-bond donors (Lipinski definition) is 1. The highest BCUT2D eigenvalue weighted by Gasteiger charge is 2.04. The van der Waals surface area contributed by atoms with E-state index in [2.05, 4.69) is 15.9 Å². The van der Waals surface area contributed by atoms with Gasteiger partial charge in [0.15, 0.2) is 9.84 Å². The van der Waals surface area contributed by atoms with Crippen LogP contribution in [0.15, 0.2) is 11.1 Å². The lowest BCUT2D eigenvalue weighted by molar-refractivity contribution is 0.599. The van der Waals surface area contributed by atoms with Gasteiger partial charge in [-0.2, -0.15) is 0 Å². The van der Waals surface area contributed by atoms with Gasteiger partial charge in [0, 0.05) is 6.54 Å². The van der Waals surface area contributed by atoms with E-state index < -0.39 is 9.84 Å². The molecule has 0 aliphatic heterocycles. The molecule has 0 heterocycles. The fourth-order valence-electron chi connectivity index (χ4n) is 0.446. The Balaban J connectivity index is 3.89. The highest BCUT2D eigenvalue weighted by molar-refractivity contribution is 9.11. The van der Waals surface area contributed by atoms with Crippen LogP contribution in [0.4, 0.5) is 0 Å². The second kappa shape index (κ2) is 4.87. The predicted molar refractivity (Wildman–Crippen MR) is 45.8 cm³/mol. The lowest BCUT2D eigenvalue weighted by Gasteiger charge is -1.95. The summed E-state index contributed by atoms with van der Waals surface area (Å²) in [6.45, 7) is 0.193. The van der Waals surface area contributed by atoms with Crippen LogP contribution in [0.2, 0.25) is 0 Å². The Morgan fingerprint density at radius 2 is 2.10 bits per heavy atom. The van der Waals surface area contributed by atoms with Crippen molar-refractivity contribution >= 4 is 25.8 Å². The Hall–Kier alpha value is 0.130. The molecule has 5 heteroatoms. The topological polar surface area (TPSA) is 60.2 Å². The van der Waals surface area contributed by atoms with E-state index >= 15 is 0 Å². The third kappa shape index (κ3) is 4.96. The van der Waals surface area contributed by atoms with E-state index in [0.717, 1.165) is 0 Å². The molecule has 0 aliphatic carbocycles. The minimum Gasteiger partial charge on any atom is -0.329 e. The number of halogens is 1. The van der Waals surface area contributed by atoms with Gasteiger partial charge in [0.1, 0.15) is 0 Å². The van der Waals surface area contributed by atoms with Gasteiger partial charge >= 0.3 is 0 Å². The van der Waals surface area contributed by atoms with E-state index in [4.69, 9.17) is 5.73 Å². The van der Waals surface area contributed by atoms with E-state index in [0.29, 0.717) is 0 Å². The smallest absolute Gasteiger partial charge is 0.155 e. The van der Waals surface area contributed by atoms with Crippen LogP contribution in [0.5, 0.6) is 0 Å². The molecule has 10 heavy (non-hydrogen) atoms. The van der Waals surface area contributed by atoms with Crippen LogP contribution in [0, 0.1) is 0 Å². The molecular weight excluding hydrogens is 218 g/mol. The second-order valence-corrected chi connectivity index (χ2v) is 4.52. The van der Waals surface area contributed by atoms with Gasteiger partial charge in [0.25, 0.3) is 0 Å². The summed E-state index contributed by atoms with van der Waals surface area (Å²) in [6.07, 6.45) is 1.53. The van der Waals surface area contributed by atoms with Crippen molar-refractivity contribution in [2.24, 2.45) is 5.73 Å². The maximum Gasteiger partial charge on any atom is 0.155 e. The summed E-state index contributed by atoms with van der Waals surface area (Å²) in [6, 6.07) is 0. The minimum absolute atomic E-state index is 0.0599. The van der Waals surface area contributed by atoms with Crippen molar-refractivity contribution in [2.75, 3.05) is 18.1 Å². The molecule has 0 unspecified atom stereocenters. The Labute approximate surface area is 69.3 Å². The average molecular weight is 228 g/mol. The lowest BCUT2D eigenvalue weighted by atomic mass is 10.8. The van der Waals surface area contributed by atoms with Gasteiger partial charge < -0.3 is 5.73 Å². The molecule has 0 saturated heterocycles. The zero-order valence-electron chi connectivity index (χ0n) is 5.46. The van der Waals surface area contributed by atoms with E-state index in [1.165, 1.54) is 11.1 Å². The van der Waals surface area contributed by atoms with E-state index in [1.54, 1.807) is 0 Å². The van der Waals surface area contributed by atoms with Gasteiger partial charge in [-0.05, 0) is 4.99 Å². The molecule has 3 nitrogen and oxygen atoms in total. The normalized spacial score (nSPS) is 12.6. The SMILES string of the molecule is NCCS(=O)(=O)CC=CBr. The number of rotatable bonds is 4. The first-order valence-corrected chi connectivity index (χ1v) is 5.52. The molecule has 2 N–H and O–H groups in total. The molecule has 0 amide bonds. The van der Waals surface area contributed by atoms with Crippen LogP contribution in [0.1, 0.15) is 0 Å². The maximum atomic E-state index is 10.8. The molecule has 0 rings (SSSR count). The van der Waals surface area contributed by atoms with Gasteiger partial charge in [-0.3, -0.25) is 0 Å². The molecule has 0 fully saturated rings. The van der Waals surface area contributed by atoms with Crippen molar-refractivity contribution < 1.29 is 8.42 Å². The molecule has 0 saturated carbocycles. The summed E-state index contributed by atoms with van der Waals surface area (Å²) in [5.41, 5.74) is 5.07. The summed E-state index contributed by atoms with van der Waals surface area (Å²) in [5.74, 6) is 0.125. The third-order valence-corrected chi connectivity index (χ3v) is 2.80. The van der Waals surface area contributed by atoms with Gasteiger partial charge in [-0.25, -0.2) is 8.42 Å². The zero-order valence-corrected chi connectivity index (χ0v) is 7.86. The molecule has 0 aromatic rings. The Morgan fingerprint density at radius 3 is 2.50 bits per heavy atom. The van der Waals surface area contributed by atoms with Crippen LogP contribution in [0.3, 0.4) is 0 Å². The quantitative estimate of drug-likeness (QED) is 0.751. The van der Waals surface area contributed by atoms with Gasteiger partial charge in [0.2, 0.25) is 0 Å². The van der Waals surface area contributed by atoms with E-state index in [1.807, 2.05) is 0 Å². The fraction of sp³-hybridized carbons (Fsp3) is 0.600. The molecule has 0 aliphatic rings. The summed E-state index contributed by atoms with van der Waals surface area (Å²) < 4.78 is 21.7. The summed E-state index contributed by atoms with van der Waals surface area (Å²) in [5, 5.41) is 0. The van der Waals surface area contributed by atoms with Crippen LogP contribution in [-0.4, -0.2) is 26.5 Å². The second-order valence-electron chi connectivity index (χ2n) is 1.76. The monoisotopic (exact) mass is 227 g/mol. The number of sulfone groups is 1. The Kier molecular flexibility index (Phi) is 4.93. The molecule has 0 bridgehead atoms. The highest BCUT2D eigenvalue weighted by atomic mass is 79.9. The zero-order chi connectivity index (χ0) is 8.04. The molecular formula is C5H10BrNO2S. The predicted octanol–water partition coefficient (Wildman–Crippen LogP) is 0.269. The van der Waals surface area contributed by atoms with Gasteiger partial charge in [-0.1, -0.05) is 22.0 Å². The van der Waals surface area contributed by atoms with E-state index in [-0.39, 0.29) is 18.1 Å². The number of hydrogen-bond acceptors (Lipinski definition) is 3. The van der Waals surface area contributed by atoms with Crippen molar-refractivity contribution in [1.29, 1.82) is 0 Å². The molecule has 0 atom stereocenters. The lowest BCUT2D eigenvalue weighted by Crippen LogP contribution is -2.17. The van der Waals surface area contributed by atoms with Crippen LogP contribution in [-0.2, 0) is 9.84 Å². The van der Waals surface area contributed by atoms with Gasteiger partial charge in [-0.15, -0.1) is 0 Å². The average Bonchev–Trinajstić information content (AvgIpc) is 1.84. The van der Waals surface area contributed by atoms with Crippen LogP contribution < -0.4 is 5.73 Å². The van der Waals surface area contributed by atoms with Crippen molar-refractivity contribution in [1.82, 2.24) is 0 Å². The molecule has 0 aromatic carbocycles. The Bertz CT molecular complexity index is 198. The number of nitrogens with two attached hydrogens (primary N) is 1. The summed E-state index contributed by atoms with van der Waals surface area (Å²) >= 11 is 2.98. The van der Waals surface area contributed by atoms with Crippen molar-refractivity contribution in [3.8, 4) is 0 Å². The molecule has 0 aromatic heterocycles. The van der Waals surface area contributed by atoms with Gasteiger partial charge in [0.05, 0.1) is 11.5 Å². The molecule has 0 radical (unpaired) electrons. The standard InChI is InChI=1S/C5H10BrNO2S/c6-2-1-4-10(8,9)5-3-7/h1-2H,3-5,7H2. The van der Waals surface area contributed by atoms with Crippen molar-refractivity contribution in [3.63, 3.8) is 0 Å². The summed E-state index contributed by atoms with van der Waals surface area (Å²) in [4.78, 5) is 1.53. The van der Waals surface area contributed by atoms with Crippen molar-refractivity contribution in [3.05, 3.63) is 11.1 Å². The maximum absolute atomic E-state index is 10.8. The third-order valence-electron chi connectivity index (χ3n) is 0.868. The minimum atomic E-state index is -2.94. The van der Waals surface area contributed by atoms with Crippen LogP contribution in [0.25, 0.3) is 0 Å². The Morgan fingerprint density at radius 1 is 1.50 bits per heavy atom.